The second kappa shape index (κ2) is 3.90. The topological polar surface area (TPSA) is 61.4 Å². The molecule has 0 aromatic carbocycles. The Morgan fingerprint density at radius 1 is 1.22 bits per heavy atom. The second-order valence-electron chi connectivity index (χ2n) is 4.25. The highest BCUT2D eigenvalue weighted by atomic mass is 15.4. The summed E-state index contributed by atoms with van der Waals surface area (Å²) in [6.07, 6.45) is 3.52. The van der Waals surface area contributed by atoms with Crippen molar-refractivity contribution in [2.24, 2.45) is 0 Å². The molecule has 3 aromatic rings. The first-order chi connectivity index (χ1) is 8.69. The molecular formula is C12H14N6. The third-order valence-corrected chi connectivity index (χ3v) is 2.89. The SMILES string of the molecule is CCn1cnc2cnc(-n3nc(C)cc3C)nc21. The second-order valence-corrected chi connectivity index (χ2v) is 4.25. The summed E-state index contributed by atoms with van der Waals surface area (Å²) in [7, 11) is 0. The Morgan fingerprint density at radius 3 is 2.72 bits per heavy atom. The normalized spacial score (nSPS) is 11.3. The van der Waals surface area contributed by atoms with Crippen LogP contribution in [0.15, 0.2) is 18.6 Å². The molecule has 0 bridgehead atoms. The predicted octanol–water partition coefficient (Wildman–Crippen LogP) is 1.65. The number of hydrogen-bond acceptors (Lipinski definition) is 4. The van der Waals surface area contributed by atoms with Gasteiger partial charge in [-0.1, -0.05) is 0 Å². The van der Waals surface area contributed by atoms with Gasteiger partial charge < -0.3 is 4.57 Å². The molecule has 0 saturated carbocycles. The van der Waals surface area contributed by atoms with E-state index in [9.17, 15) is 0 Å². The molecule has 0 saturated heterocycles. The van der Waals surface area contributed by atoms with Crippen molar-refractivity contribution in [3.63, 3.8) is 0 Å². The Hall–Kier alpha value is -2.24. The average Bonchev–Trinajstić information content (AvgIpc) is 2.91. The summed E-state index contributed by atoms with van der Waals surface area (Å²) >= 11 is 0. The fourth-order valence-electron chi connectivity index (χ4n) is 2.01. The van der Waals surface area contributed by atoms with Crippen molar-refractivity contribution < 1.29 is 0 Å². The minimum Gasteiger partial charge on any atom is -0.315 e. The van der Waals surface area contributed by atoms with E-state index in [2.05, 4.69) is 27.0 Å². The van der Waals surface area contributed by atoms with Crippen LogP contribution in [-0.2, 0) is 6.54 Å². The van der Waals surface area contributed by atoms with Crippen LogP contribution < -0.4 is 0 Å². The lowest BCUT2D eigenvalue weighted by Gasteiger charge is -2.03. The molecule has 6 heteroatoms. The third-order valence-electron chi connectivity index (χ3n) is 2.89. The Labute approximate surface area is 104 Å². The molecule has 3 aromatic heterocycles. The van der Waals surface area contributed by atoms with E-state index in [1.54, 1.807) is 17.2 Å². The highest BCUT2D eigenvalue weighted by molar-refractivity contribution is 5.70. The van der Waals surface area contributed by atoms with Crippen LogP contribution in [0.25, 0.3) is 17.1 Å². The van der Waals surface area contributed by atoms with Crippen molar-refractivity contribution in [2.75, 3.05) is 0 Å². The summed E-state index contributed by atoms with van der Waals surface area (Å²) in [5.41, 5.74) is 3.63. The van der Waals surface area contributed by atoms with Crippen LogP contribution >= 0.6 is 0 Å². The van der Waals surface area contributed by atoms with Crippen LogP contribution in [0.4, 0.5) is 0 Å². The van der Waals surface area contributed by atoms with Crippen LogP contribution in [-0.4, -0.2) is 29.3 Å². The van der Waals surface area contributed by atoms with Gasteiger partial charge in [0.25, 0.3) is 5.95 Å². The van der Waals surface area contributed by atoms with Gasteiger partial charge in [0.15, 0.2) is 5.65 Å². The van der Waals surface area contributed by atoms with E-state index in [-0.39, 0.29) is 0 Å². The van der Waals surface area contributed by atoms with Crippen molar-refractivity contribution in [3.05, 3.63) is 30.0 Å². The number of aryl methyl sites for hydroxylation is 3. The molecule has 0 aliphatic carbocycles. The summed E-state index contributed by atoms with van der Waals surface area (Å²) in [6, 6.07) is 2.00. The van der Waals surface area contributed by atoms with E-state index in [0.717, 1.165) is 29.1 Å². The van der Waals surface area contributed by atoms with E-state index in [4.69, 9.17) is 0 Å². The summed E-state index contributed by atoms with van der Waals surface area (Å²) in [5, 5.41) is 4.39. The summed E-state index contributed by atoms with van der Waals surface area (Å²) in [4.78, 5) is 13.1. The van der Waals surface area contributed by atoms with Crippen molar-refractivity contribution in [1.29, 1.82) is 0 Å². The minimum absolute atomic E-state index is 0.586. The van der Waals surface area contributed by atoms with Gasteiger partial charge in [0.1, 0.15) is 5.52 Å². The Kier molecular flexibility index (Phi) is 2.36. The number of rotatable bonds is 2. The average molecular weight is 242 g/mol. The maximum Gasteiger partial charge on any atom is 0.252 e. The molecule has 0 radical (unpaired) electrons. The van der Waals surface area contributed by atoms with Crippen LogP contribution in [0.1, 0.15) is 18.3 Å². The molecule has 0 fully saturated rings. The molecule has 92 valence electrons. The highest BCUT2D eigenvalue weighted by Gasteiger charge is 2.10. The largest absolute Gasteiger partial charge is 0.315 e. The number of aromatic nitrogens is 6. The first-order valence-electron chi connectivity index (χ1n) is 5.90. The summed E-state index contributed by atoms with van der Waals surface area (Å²) in [6.45, 7) is 6.85. The maximum absolute atomic E-state index is 4.54. The summed E-state index contributed by atoms with van der Waals surface area (Å²) in [5.74, 6) is 0.586. The first kappa shape index (κ1) is 10.9. The zero-order valence-corrected chi connectivity index (χ0v) is 10.6. The van der Waals surface area contributed by atoms with Crippen molar-refractivity contribution >= 4 is 11.2 Å². The molecule has 0 spiro atoms. The van der Waals surface area contributed by atoms with Gasteiger partial charge in [-0.05, 0) is 26.8 Å². The first-order valence-corrected chi connectivity index (χ1v) is 5.90. The zero-order chi connectivity index (χ0) is 12.7. The third kappa shape index (κ3) is 1.57. The van der Waals surface area contributed by atoms with Gasteiger partial charge in [0, 0.05) is 12.2 Å². The number of hydrogen-bond donors (Lipinski definition) is 0. The van der Waals surface area contributed by atoms with Gasteiger partial charge in [-0.15, -0.1) is 0 Å². The van der Waals surface area contributed by atoms with E-state index in [1.807, 2.05) is 24.5 Å². The lowest BCUT2D eigenvalue weighted by Crippen LogP contribution is -2.06. The van der Waals surface area contributed by atoms with E-state index in [1.165, 1.54) is 0 Å². The Bertz CT molecular complexity index is 709. The lowest BCUT2D eigenvalue weighted by molar-refractivity contribution is 0.753. The van der Waals surface area contributed by atoms with Gasteiger partial charge in [-0.3, -0.25) is 0 Å². The molecule has 0 unspecified atom stereocenters. The van der Waals surface area contributed by atoms with Gasteiger partial charge >= 0.3 is 0 Å². The van der Waals surface area contributed by atoms with Crippen LogP contribution in [0.5, 0.6) is 0 Å². The zero-order valence-electron chi connectivity index (χ0n) is 10.6. The Morgan fingerprint density at radius 2 is 2.06 bits per heavy atom. The fraction of sp³-hybridized carbons (Fsp3) is 0.333. The predicted molar refractivity (Wildman–Crippen MR) is 67.6 cm³/mol. The molecular weight excluding hydrogens is 228 g/mol. The number of nitrogens with zero attached hydrogens (tertiary/aromatic N) is 6. The molecule has 0 N–H and O–H groups in total. The van der Waals surface area contributed by atoms with Crippen LogP contribution in [0, 0.1) is 13.8 Å². The van der Waals surface area contributed by atoms with Crippen LogP contribution in [0.2, 0.25) is 0 Å². The van der Waals surface area contributed by atoms with Gasteiger partial charge in [-0.2, -0.15) is 10.1 Å². The highest BCUT2D eigenvalue weighted by Crippen LogP contribution is 2.12. The van der Waals surface area contributed by atoms with E-state index < -0.39 is 0 Å². The Balaban J connectivity index is 2.20. The quantitative estimate of drug-likeness (QED) is 0.685. The van der Waals surface area contributed by atoms with Crippen molar-refractivity contribution in [1.82, 2.24) is 29.3 Å². The molecule has 0 aliphatic rings. The van der Waals surface area contributed by atoms with Gasteiger partial charge in [0.05, 0.1) is 18.2 Å². The monoisotopic (exact) mass is 242 g/mol. The molecule has 0 aliphatic heterocycles. The molecule has 0 amide bonds. The van der Waals surface area contributed by atoms with Crippen molar-refractivity contribution in [3.8, 4) is 5.95 Å². The van der Waals surface area contributed by atoms with Gasteiger partial charge in [0.2, 0.25) is 0 Å². The number of fused-ring (bicyclic) bond motifs is 1. The molecule has 18 heavy (non-hydrogen) atoms. The van der Waals surface area contributed by atoms with Crippen molar-refractivity contribution in [2.45, 2.75) is 27.3 Å². The lowest BCUT2D eigenvalue weighted by atomic mass is 10.4. The minimum atomic E-state index is 0.586. The standard InChI is InChI=1S/C12H14N6/c1-4-17-7-14-10-6-13-12(15-11(10)17)18-9(3)5-8(2)16-18/h5-7H,4H2,1-3H3. The molecule has 0 atom stereocenters. The molecule has 3 heterocycles. The maximum atomic E-state index is 4.54. The van der Waals surface area contributed by atoms with E-state index >= 15 is 0 Å². The van der Waals surface area contributed by atoms with E-state index in [0.29, 0.717) is 5.95 Å². The summed E-state index contributed by atoms with van der Waals surface area (Å²) < 4.78 is 3.74. The number of imidazole rings is 1. The smallest absolute Gasteiger partial charge is 0.252 e. The fourth-order valence-corrected chi connectivity index (χ4v) is 2.01. The van der Waals surface area contributed by atoms with Crippen LogP contribution in [0.3, 0.4) is 0 Å². The molecule has 6 nitrogen and oxygen atoms in total. The van der Waals surface area contributed by atoms with Gasteiger partial charge in [-0.25, -0.2) is 14.6 Å². The molecule has 3 rings (SSSR count).